The summed E-state index contributed by atoms with van der Waals surface area (Å²) in [6, 6.07) is 3.22. The molecule has 0 unspecified atom stereocenters. The highest BCUT2D eigenvalue weighted by molar-refractivity contribution is 5.90. The molecule has 0 aliphatic heterocycles. The lowest BCUT2D eigenvalue weighted by molar-refractivity contribution is -0.136. The second-order valence-corrected chi connectivity index (χ2v) is 3.00. The minimum atomic E-state index is -4.51. The Morgan fingerprint density at radius 3 is 2.44 bits per heavy atom. The monoisotopic (exact) mass is 233 g/mol. The van der Waals surface area contributed by atoms with E-state index in [1.54, 1.807) is 0 Å². The molecule has 1 rings (SSSR count). The molecular formula is C10H10F3NO2. The van der Waals surface area contributed by atoms with Crippen molar-refractivity contribution >= 4 is 11.7 Å². The Morgan fingerprint density at radius 1 is 1.38 bits per heavy atom. The molecule has 0 saturated carbocycles. The van der Waals surface area contributed by atoms with Gasteiger partial charge < -0.3 is 10.1 Å². The number of methoxy groups -OCH3 is 1. The molecule has 1 aromatic rings. The summed E-state index contributed by atoms with van der Waals surface area (Å²) in [6.45, 7) is 0. The van der Waals surface area contributed by atoms with Gasteiger partial charge in [-0.2, -0.15) is 13.2 Å². The zero-order chi connectivity index (χ0) is 12.3. The Labute approximate surface area is 90.2 Å². The highest BCUT2D eigenvalue weighted by Crippen LogP contribution is 2.35. The maximum Gasteiger partial charge on any atom is 0.418 e. The highest BCUT2D eigenvalue weighted by atomic mass is 19.4. The maximum absolute atomic E-state index is 12.6. The number of carbonyl (C=O) groups is 1. The van der Waals surface area contributed by atoms with Crippen LogP contribution >= 0.6 is 0 Å². The average Bonchev–Trinajstić information content (AvgIpc) is 2.26. The fourth-order valence-corrected chi connectivity index (χ4v) is 1.24. The lowest BCUT2D eigenvalue weighted by Gasteiger charge is -2.13. The first kappa shape index (κ1) is 12.4. The molecule has 0 fully saturated rings. The number of hydrogen-bond acceptors (Lipinski definition) is 3. The van der Waals surface area contributed by atoms with Gasteiger partial charge in [-0.3, -0.25) is 0 Å². The quantitative estimate of drug-likeness (QED) is 0.798. The predicted octanol–water partition coefficient (Wildman–Crippen LogP) is 2.53. The summed E-state index contributed by atoms with van der Waals surface area (Å²) in [6.07, 6.45) is -4.51. The van der Waals surface area contributed by atoms with Gasteiger partial charge in [0, 0.05) is 12.7 Å². The van der Waals surface area contributed by atoms with Crippen molar-refractivity contribution in [2.45, 2.75) is 6.18 Å². The van der Waals surface area contributed by atoms with Gasteiger partial charge in [0.25, 0.3) is 0 Å². The SMILES string of the molecule is CNc1ccc(C(=O)OC)cc1C(F)(F)F. The van der Waals surface area contributed by atoms with E-state index in [1.807, 2.05) is 0 Å². The number of hydrogen-bond donors (Lipinski definition) is 1. The van der Waals surface area contributed by atoms with Gasteiger partial charge in [-0.15, -0.1) is 0 Å². The molecule has 0 radical (unpaired) electrons. The van der Waals surface area contributed by atoms with Gasteiger partial charge in [-0.1, -0.05) is 0 Å². The summed E-state index contributed by atoms with van der Waals surface area (Å²) in [5.74, 6) is -0.798. The van der Waals surface area contributed by atoms with E-state index in [2.05, 4.69) is 10.1 Å². The van der Waals surface area contributed by atoms with E-state index in [0.717, 1.165) is 13.2 Å². The van der Waals surface area contributed by atoms with Gasteiger partial charge in [0.2, 0.25) is 0 Å². The summed E-state index contributed by atoms with van der Waals surface area (Å²) >= 11 is 0. The van der Waals surface area contributed by atoms with Gasteiger partial charge in [-0.25, -0.2) is 4.79 Å². The van der Waals surface area contributed by atoms with Crippen molar-refractivity contribution in [2.24, 2.45) is 0 Å². The van der Waals surface area contributed by atoms with E-state index in [9.17, 15) is 18.0 Å². The van der Waals surface area contributed by atoms with Crippen molar-refractivity contribution < 1.29 is 22.7 Å². The van der Waals surface area contributed by atoms with Crippen LogP contribution in [0.25, 0.3) is 0 Å². The van der Waals surface area contributed by atoms with Crippen LogP contribution in [0.4, 0.5) is 18.9 Å². The van der Waals surface area contributed by atoms with Gasteiger partial charge in [0.05, 0.1) is 18.2 Å². The molecular weight excluding hydrogens is 223 g/mol. The van der Waals surface area contributed by atoms with Crippen LogP contribution in [0.3, 0.4) is 0 Å². The second kappa shape index (κ2) is 4.42. The molecule has 0 aromatic heterocycles. The van der Waals surface area contributed by atoms with Crippen molar-refractivity contribution in [3.05, 3.63) is 29.3 Å². The Hall–Kier alpha value is -1.72. The summed E-state index contributed by atoms with van der Waals surface area (Å²) in [7, 11) is 2.49. The van der Waals surface area contributed by atoms with Crippen LogP contribution in [-0.4, -0.2) is 20.1 Å². The number of alkyl halides is 3. The number of anilines is 1. The van der Waals surface area contributed by atoms with Crippen LogP contribution < -0.4 is 5.32 Å². The number of esters is 1. The van der Waals surface area contributed by atoms with E-state index in [1.165, 1.54) is 19.2 Å². The number of ether oxygens (including phenoxy) is 1. The van der Waals surface area contributed by atoms with E-state index in [0.29, 0.717) is 0 Å². The summed E-state index contributed by atoms with van der Waals surface area (Å²) in [5.41, 5.74) is -1.10. The minimum absolute atomic E-state index is 0.0832. The van der Waals surface area contributed by atoms with Crippen LogP contribution in [0, 0.1) is 0 Å². The van der Waals surface area contributed by atoms with Crippen molar-refractivity contribution in [1.82, 2.24) is 0 Å². The van der Waals surface area contributed by atoms with Crippen LogP contribution in [0.2, 0.25) is 0 Å². The smallest absolute Gasteiger partial charge is 0.418 e. The number of rotatable bonds is 2. The first-order chi connectivity index (χ1) is 7.40. The average molecular weight is 233 g/mol. The van der Waals surface area contributed by atoms with Crippen molar-refractivity contribution in [3.63, 3.8) is 0 Å². The lowest BCUT2D eigenvalue weighted by Crippen LogP contribution is -2.11. The molecule has 0 atom stereocenters. The van der Waals surface area contributed by atoms with Gasteiger partial charge >= 0.3 is 12.1 Å². The lowest BCUT2D eigenvalue weighted by atomic mass is 10.1. The molecule has 3 nitrogen and oxygen atoms in total. The molecule has 1 aromatic carbocycles. The zero-order valence-corrected chi connectivity index (χ0v) is 8.68. The van der Waals surface area contributed by atoms with Crippen LogP contribution in [0.1, 0.15) is 15.9 Å². The summed E-state index contributed by atoms with van der Waals surface area (Å²) in [4.78, 5) is 11.1. The van der Waals surface area contributed by atoms with E-state index in [4.69, 9.17) is 0 Å². The molecule has 0 heterocycles. The van der Waals surface area contributed by atoms with Crippen LogP contribution in [0.15, 0.2) is 18.2 Å². The minimum Gasteiger partial charge on any atom is -0.465 e. The van der Waals surface area contributed by atoms with Crippen molar-refractivity contribution in [1.29, 1.82) is 0 Å². The third kappa shape index (κ3) is 2.44. The Balaban J connectivity index is 3.27. The maximum atomic E-state index is 12.6. The van der Waals surface area contributed by atoms with Gasteiger partial charge in [0.1, 0.15) is 0 Å². The van der Waals surface area contributed by atoms with Crippen molar-refractivity contribution in [2.75, 3.05) is 19.5 Å². The summed E-state index contributed by atoms with van der Waals surface area (Å²) < 4.78 is 42.1. The number of halogens is 3. The highest BCUT2D eigenvalue weighted by Gasteiger charge is 2.34. The molecule has 6 heteroatoms. The second-order valence-electron chi connectivity index (χ2n) is 3.00. The van der Waals surface area contributed by atoms with Gasteiger partial charge in [0.15, 0.2) is 0 Å². The van der Waals surface area contributed by atoms with E-state index in [-0.39, 0.29) is 11.3 Å². The Bertz CT molecular complexity index is 402. The van der Waals surface area contributed by atoms with Gasteiger partial charge in [-0.05, 0) is 18.2 Å². The van der Waals surface area contributed by atoms with Crippen molar-refractivity contribution in [3.8, 4) is 0 Å². The molecule has 0 spiro atoms. The van der Waals surface area contributed by atoms with Crippen LogP contribution in [-0.2, 0) is 10.9 Å². The molecule has 16 heavy (non-hydrogen) atoms. The fraction of sp³-hybridized carbons (Fsp3) is 0.300. The Kier molecular flexibility index (Phi) is 3.41. The predicted molar refractivity (Wildman–Crippen MR) is 52.3 cm³/mol. The number of nitrogens with one attached hydrogen (secondary N) is 1. The fourth-order valence-electron chi connectivity index (χ4n) is 1.24. The molecule has 0 bridgehead atoms. The number of carbonyl (C=O) groups excluding carboxylic acids is 1. The molecule has 0 amide bonds. The Morgan fingerprint density at radius 2 is 2.00 bits per heavy atom. The third-order valence-electron chi connectivity index (χ3n) is 2.02. The molecule has 88 valence electrons. The molecule has 0 aliphatic rings. The molecule has 1 N–H and O–H groups in total. The van der Waals surface area contributed by atoms with E-state index < -0.39 is 17.7 Å². The standard InChI is InChI=1S/C10H10F3NO2/c1-14-8-4-3-6(9(15)16-2)5-7(8)10(11,12)13/h3-5,14H,1-2H3. The largest absolute Gasteiger partial charge is 0.465 e. The molecule has 0 aliphatic carbocycles. The van der Waals surface area contributed by atoms with E-state index >= 15 is 0 Å². The first-order valence-electron chi connectivity index (χ1n) is 4.37. The zero-order valence-electron chi connectivity index (χ0n) is 8.68. The topological polar surface area (TPSA) is 38.3 Å². The number of benzene rings is 1. The third-order valence-corrected chi connectivity index (χ3v) is 2.02. The first-order valence-corrected chi connectivity index (χ1v) is 4.37. The summed E-state index contributed by atoms with van der Waals surface area (Å²) in [5, 5.41) is 2.41. The van der Waals surface area contributed by atoms with Crippen LogP contribution in [0.5, 0.6) is 0 Å². The molecule has 0 saturated heterocycles. The normalized spacial score (nSPS) is 11.1.